The number of pyridine rings is 1. The molecule has 0 amide bonds. The van der Waals surface area contributed by atoms with Gasteiger partial charge in [0.15, 0.2) is 0 Å². The van der Waals surface area contributed by atoms with E-state index in [9.17, 15) is 0 Å². The van der Waals surface area contributed by atoms with Crippen molar-refractivity contribution in [3.63, 3.8) is 0 Å². The number of aromatic nitrogens is 2. The monoisotopic (exact) mass is 299 g/mol. The molecule has 2 aromatic carbocycles. The Balaban J connectivity index is 1.88. The van der Waals surface area contributed by atoms with E-state index < -0.39 is 0 Å². The van der Waals surface area contributed by atoms with Crippen LogP contribution in [0.5, 0.6) is 0 Å². The van der Waals surface area contributed by atoms with Gasteiger partial charge < -0.3 is 10.7 Å². The first-order valence-corrected chi connectivity index (χ1v) is 8.09. The molecule has 0 saturated carbocycles. The fourth-order valence-corrected chi connectivity index (χ4v) is 3.88. The molecule has 112 valence electrons. The summed E-state index contributed by atoms with van der Waals surface area (Å²) in [6, 6.07) is 14.5. The van der Waals surface area contributed by atoms with E-state index in [2.05, 4.69) is 35.3 Å². The Morgan fingerprint density at radius 2 is 1.74 bits per heavy atom. The van der Waals surface area contributed by atoms with Gasteiger partial charge in [-0.3, -0.25) is 0 Å². The molecule has 1 aliphatic rings. The van der Waals surface area contributed by atoms with Gasteiger partial charge in [0.1, 0.15) is 0 Å². The molecule has 0 saturated heterocycles. The van der Waals surface area contributed by atoms with Crippen LogP contribution in [0, 0.1) is 0 Å². The Labute approximate surface area is 134 Å². The fraction of sp³-hybridized carbons (Fsp3) is 0.150. The van der Waals surface area contributed by atoms with Gasteiger partial charge in [-0.25, -0.2) is 4.98 Å². The molecule has 4 aromatic rings. The van der Waals surface area contributed by atoms with Crippen molar-refractivity contribution in [3.8, 4) is 11.3 Å². The standard InChI is InChI=1S/C20H17N3/c21-13-6-4-12(5-7-13)20-15-3-1-2-14(15)19-16-10-11-22-17(16)8-9-18(19)23-20/h4-11,22H,1-3,21H2. The number of H-pyrrole nitrogens is 1. The lowest BCUT2D eigenvalue weighted by Crippen LogP contribution is -1.96. The summed E-state index contributed by atoms with van der Waals surface area (Å²) in [5, 5.41) is 2.62. The highest BCUT2D eigenvalue weighted by atomic mass is 14.7. The van der Waals surface area contributed by atoms with Crippen LogP contribution in [0.15, 0.2) is 48.7 Å². The van der Waals surface area contributed by atoms with Crippen molar-refractivity contribution in [2.24, 2.45) is 0 Å². The van der Waals surface area contributed by atoms with Crippen LogP contribution in [0.4, 0.5) is 5.69 Å². The van der Waals surface area contributed by atoms with E-state index in [1.165, 1.54) is 33.8 Å². The Morgan fingerprint density at radius 3 is 2.61 bits per heavy atom. The number of nitrogen functional groups attached to an aromatic ring is 1. The minimum absolute atomic E-state index is 0.792. The first kappa shape index (κ1) is 12.7. The number of aryl methyl sites for hydroxylation is 1. The number of aromatic amines is 1. The van der Waals surface area contributed by atoms with E-state index in [4.69, 9.17) is 10.7 Å². The zero-order chi connectivity index (χ0) is 15.4. The van der Waals surface area contributed by atoms with Crippen LogP contribution in [0.3, 0.4) is 0 Å². The van der Waals surface area contributed by atoms with Gasteiger partial charge in [0.2, 0.25) is 0 Å². The maximum atomic E-state index is 5.83. The summed E-state index contributed by atoms with van der Waals surface area (Å²) in [4.78, 5) is 8.34. The number of nitrogens with one attached hydrogen (secondary N) is 1. The van der Waals surface area contributed by atoms with Gasteiger partial charge in [-0.05, 0) is 60.7 Å². The van der Waals surface area contributed by atoms with Crippen LogP contribution in [-0.2, 0) is 12.8 Å². The zero-order valence-corrected chi connectivity index (χ0v) is 12.8. The van der Waals surface area contributed by atoms with E-state index in [1.54, 1.807) is 0 Å². The van der Waals surface area contributed by atoms with Crippen molar-refractivity contribution < 1.29 is 0 Å². The third kappa shape index (κ3) is 1.80. The molecule has 3 heteroatoms. The number of fused-ring (bicyclic) bond motifs is 5. The molecule has 5 rings (SSSR count). The quantitative estimate of drug-likeness (QED) is 0.510. The lowest BCUT2D eigenvalue weighted by atomic mass is 9.97. The van der Waals surface area contributed by atoms with Gasteiger partial charge in [0.25, 0.3) is 0 Å². The predicted molar refractivity (Wildman–Crippen MR) is 95.5 cm³/mol. The Hall–Kier alpha value is -2.81. The first-order valence-electron chi connectivity index (χ1n) is 8.09. The molecule has 0 spiro atoms. The number of nitrogens with two attached hydrogens (primary N) is 1. The van der Waals surface area contributed by atoms with E-state index in [0.29, 0.717) is 0 Å². The van der Waals surface area contributed by atoms with E-state index in [0.717, 1.165) is 35.3 Å². The highest BCUT2D eigenvalue weighted by molar-refractivity contribution is 6.08. The molecule has 3 N–H and O–H groups in total. The number of benzene rings is 2. The van der Waals surface area contributed by atoms with Crippen molar-refractivity contribution in [2.45, 2.75) is 19.3 Å². The molecule has 0 bridgehead atoms. The second kappa shape index (κ2) is 4.59. The topological polar surface area (TPSA) is 54.7 Å². The Kier molecular flexibility index (Phi) is 2.54. The SMILES string of the molecule is Nc1ccc(-c2nc3ccc4[nH]ccc4c3c3c2CCC3)cc1. The van der Waals surface area contributed by atoms with Crippen molar-refractivity contribution in [1.82, 2.24) is 9.97 Å². The molecule has 1 aliphatic carbocycles. The van der Waals surface area contributed by atoms with E-state index in [-0.39, 0.29) is 0 Å². The lowest BCUT2D eigenvalue weighted by molar-refractivity contribution is 0.913. The van der Waals surface area contributed by atoms with Gasteiger partial charge in [-0.2, -0.15) is 0 Å². The summed E-state index contributed by atoms with van der Waals surface area (Å²) in [6.45, 7) is 0. The molecule has 23 heavy (non-hydrogen) atoms. The number of anilines is 1. The van der Waals surface area contributed by atoms with Crippen LogP contribution in [0.2, 0.25) is 0 Å². The molecular formula is C20H17N3. The number of hydrogen-bond acceptors (Lipinski definition) is 2. The molecular weight excluding hydrogens is 282 g/mol. The number of rotatable bonds is 1. The fourth-order valence-electron chi connectivity index (χ4n) is 3.88. The third-order valence-corrected chi connectivity index (χ3v) is 4.93. The van der Waals surface area contributed by atoms with Crippen molar-refractivity contribution in [1.29, 1.82) is 0 Å². The molecule has 0 atom stereocenters. The Bertz CT molecular complexity index is 1040. The Morgan fingerprint density at radius 1 is 0.913 bits per heavy atom. The second-order valence-electron chi connectivity index (χ2n) is 6.29. The highest BCUT2D eigenvalue weighted by Gasteiger charge is 2.22. The van der Waals surface area contributed by atoms with Crippen LogP contribution in [-0.4, -0.2) is 9.97 Å². The molecule has 2 aromatic heterocycles. The van der Waals surface area contributed by atoms with Gasteiger partial charge in [-0.1, -0.05) is 12.1 Å². The van der Waals surface area contributed by atoms with Gasteiger partial charge in [0, 0.05) is 33.7 Å². The van der Waals surface area contributed by atoms with Gasteiger partial charge in [0.05, 0.1) is 11.2 Å². The lowest BCUT2D eigenvalue weighted by Gasteiger charge is -2.12. The molecule has 2 heterocycles. The van der Waals surface area contributed by atoms with Crippen molar-refractivity contribution in [3.05, 3.63) is 59.8 Å². The molecule has 0 radical (unpaired) electrons. The van der Waals surface area contributed by atoms with Crippen LogP contribution in [0.25, 0.3) is 33.1 Å². The van der Waals surface area contributed by atoms with Gasteiger partial charge >= 0.3 is 0 Å². The highest BCUT2D eigenvalue weighted by Crippen LogP contribution is 2.38. The largest absolute Gasteiger partial charge is 0.399 e. The average Bonchev–Trinajstić information content (AvgIpc) is 3.23. The molecule has 3 nitrogen and oxygen atoms in total. The average molecular weight is 299 g/mol. The minimum atomic E-state index is 0.792. The van der Waals surface area contributed by atoms with Crippen molar-refractivity contribution in [2.75, 3.05) is 5.73 Å². The van der Waals surface area contributed by atoms with E-state index >= 15 is 0 Å². The second-order valence-corrected chi connectivity index (χ2v) is 6.29. The summed E-state index contributed by atoms with van der Waals surface area (Å²) < 4.78 is 0. The summed E-state index contributed by atoms with van der Waals surface area (Å²) in [6.07, 6.45) is 5.47. The molecule has 0 fully saturated rings. The summed E-state index contributed by atoms with van der Waals surface area (Å²) >= 11 is 0. The number of hydrogen-bond donors (Lipinski definition) is 2. The predicted octanol–water partition coefficient (Wildman–Crippen LogP) is 4.45. The van der Waals surface area contributed by atoms with Crippen LogP contribution >= 0.6 is 0 Å². The van der Waals surface area contributed by atoms with Gasteiger partial charge in [-0.15, -0.1) is 0 Å². The van der Waals surface area contributed by atoms with E-state index in [1.807, 2.05) is 18.3 Å². The van der Waals surface area contributed by atoms with Crippen LogP contribution < -0.4 is 5.73 Å². The first-order chi connectivity index (χ1) is 11.3. The van der Waals surface area contributed by atoms with Crippen LogP contribution in [0.1, 0.15) is 17.5 Å². The normalized spacial score (nSPS) is 13.7. The summed E-state index contributed by atoms with van der Waals surface area (Å²) in [5.41, 5.74) is 14.1. The minimum Gasteiger partial charge on any atom is -0.399 e. The maximum Gasteiger partial charge on any atom is 0.0744 e. The maximum absolute atomic E-state index is 5.83. The molecule has 0 unspecified atom stereocenters. The number of nitrogens with zero attached hydrogens (tertiary/aromatic N) is 1. The zero-order valence-electron chi connectivity index (χ0n) is 12.8. The molecule has 0 aliphatic heterocycles. The summed E-state index contributed by atoms with van der Waals surface area (Å²) in [7, 11) is 0. The summed E-state index contributed by atoms with van der Waals surface area (Å²) in [5.74, 6) is 0. The smallest absolute Gasteiger partial charge is 0.0744 e. The third-order valence-electron chi connectivity index (χ3n) is 4.93. The van der Waals surface area contributed by atoms with Crippen molar-refractivity contribution >= 4 is 27.5 Å².